The van der Waals surface area contributed by atoms with E-state index < -0.39 is 13.9 Å². The zero-order valence-corrected chi connectivity index (χ0v) is 15.3. The van der Waals surface area contributed by atoms with Gasteiger partial charge in [-0.3, -0.25) is 0 Å². The van der Waals surface area contributed by atoms with Gasteiger partial charge in [-0.15, -0.1) is 0 Å². The third kappa shape index (κ3) is 7.90. The van der Waals surface area contributed by atoms with Gasteiger partial charge in [0.2, 0.25) is 0 Å². The summed E-state index contributed by atoms with van der Waals surface area (Å²) < 4.78 is 6.12. The second kappa shape index (κ2) is 7.05. The molecule has 2 nitrogen and oxygen atoms in total. The van der Waals surface area contributed by atoms with Gasteiger partial charge in [-0.1, -0.05) is 32.4 Å². The molecule has 0 unspecified atom stereocenters. The third-order valence-corrected chi connectivity index (χ3v) is 8.68. The van der Waals surface area contributed by atoms with Gasteiger partial charge in [0.25, 0.3) is 0 Å². The van der Waals surface area contributed by atoms with Gasteiger partial charge in [0.05, 0.1) is 5.60 Å². The van der Waals surface area contributed by atoms with Crippen molar-refractivity contribution < 1.29 is 9.53 Å². The van der Waals surface area contributed by atoms with Gasteiger partial charge in [0, 0.05) is 6.61 Å². The molecule has 3 heteroatoms. The molecule has 1 atom stereocenters. The van der Waals surface area contributed by atoms with Crippen molar-refractivity contribution >= 4 is 8.32 Å². The lowest BCUT2D eigenvalue weighted by molar-refractivity contribution is 0.0279. The Morgan fingerprint density at radius 2 is 1.63 bits per heavy atom. The molecule has 0 aromatic heterocycles. The summed E-state index contributed by atoms with van der Waals surface area (Å²) in [4.78, 5) is 0. The number of hydrogen-bond donors (Lipinski definition) is 1. The molecule has 0 radical (unpaired) electrons. The average Bonchev–Trinajstić information content (AvgIpc) is 2.13. The molecule has 0 saturated heterocycles. The van der Waals surface area contributed by atoms with Crippen LogP contribution in [0.1, 0.15) is 60.8 Å². The fraction of sp³-hybridized carbons (Fsp3) is 0.875. The highest BCUT2D eigenvalue weighted by Crippen LogP contribution is 2.36. The molecular weight excluding hydrogens is 252 g/mol. The van der Waals surface area contributed by atoms with E-state index in [0.29, 0.717) is 6.61 Å². The highest BCUT2D eigenvalue weighted by molar-refractivity contribution is 6.74. The topological polar surface area (TPSA) is 29.5 Å². The number of hydrogen-bond acceptors (Lipinski definition) is 2. The summed E-state index contributed by atoms with van der Waals surface area (Å²) in [6.45, 7) is 18.0. The van der Waals surface area contributed by atoms with Gasteiger partial charge in [-0.2, -0.15) is 0 Å². The molecule has 1 N–H and O–H groups in total. The predicted molar refractivity (Wildman–Crippen MR) is 87.1 cm³/mol. The Balaban J connectivity index is 4.15. The standard InChI is InChI=1S/C16H34O2Si/c1-14(2)10-9-11-16(6,17)12-13-18-19(7,8)15(3,4)5/h10,17H,9,11-13H2,1-8H3/t16-/m1/s1. The van der Waals surface area contributed by atoms with Gasteiger partial charge in [-0.05, 0) is 58.2 Å². The normalized spacial score (nSPS) is 16.1. The van der Waals surface area contributed by atoms with E-state index in [4.69, 9.17) is 4.43 Å². The van der Waals surface area contributed by atoms with Gasteiger partial charge in [0.1, 0.15) is 0 Å². The molecule has 0 amide bonds. The van der Waals surface area contributed by atoms with Crippen molar-refractivity contribution in [2.75, 3.05) is 6.61 Å². The maximum Gasteiger partial charge on any atom is 0.191 e. The van der Waals surface area contributed by atoms with Crippen molar-refractivity contribution in [1.29, 1.82) is 0 Å². The van der Waals surface area contributed by atoms with Crippen LogP contribution in [0.5, 0.6) is 0 Å². The maximum atomic E-state index is 10.3. The molecule has 0 rings (SSSR count). The first-order valence-corrected chi connectivity index (χ1v) is 10.3. The summed E-state index contributed by atoms with van der Waals surface area (Å²) >= 11 is 0. The van der Waals surface area contributed by atoms with Crippen molar-refractivity contribution in [2.24, 2.45) is 0 Å². The minimum atomic E-state index is -1.68. The highest BCUT2D eigenvalue weighted by atomic mass is 28.4. The van der Waals surface area contributed by atoms with Crippen molar-refractivity contribution in [3.05, 3.63) is 11.6 Å². The van der Waals surface area contributed by atoms with Gasteiger partial charge in [0.15, 0.2) is 8.32 Å². The van der Waals surface area contributed by atoms with Crippen molar-refractivity contribution in [3.63, 3.8) is 0 Å². The lowest BCUT2D eigenvalue weighted by Gasteiger charge is -2.37. The lowest BCUT2D eigenvalue weighted by atomic mass is 9.96. The molecule has 0 aromatic carbocycles. The van der Waals surface area contributed by atoms with Gasteiger partial charge < -0.3 is 9.53 Å². The molecule has 0 aliphatic rings. The first-order chi connectivity index (χ1) is 8.37. The van der Waals surface area contributed by atoms with Gasteiger partial charge >= 0.3 is 0 Å². The second-order valence-corrected chi connectivity index (χ2v) is 12.5. The van der Waals surface area contributed by atoms with Crippen LogP contribution < -0.4 is 0 Å². The first-order valence-electron chi connectivity index (χ1n) is 7.37. The van der Waals surface area contributed by atoms with E-state index in [1.165, 1.54) is 5.57 Å². The van der Waals surface area contributed by atoms with Crippen LogP contribution >= 0.6 is 0 Å². The second-order valence-electron chi connectivity index (χ2n) is 7.68. The maximum absolute atomic E-state index is 10.3. The first kappa shape index (κ1) is 18.9. The van der Waals surface area contributed by atoms with E-state index in [2.05, 4.69) is 53.8 Å². The Morgan fingerprint density at radius 3 is 2.05 bits per heavy atom. The zero-order chi connectivity index (χ0) is 15.3. The summed E-state index contributed by atoms with van der Waals surface area (Å²) in [5, 5.41) is 10.6. The van der Waals surface area contributed by atoms with E-state index in [0.717, 1.165) is 19.3 Å². The van der Waals surface area contributed by atoms with Crippen LogP contribution in [0.4, 0.5) is 0 Å². The molecular formula is C16H34O2Si. The number of rotatable bonds is 7. The summed E-state index contributed by atoms with van der Waals surface area (Å²) in [7, 11) is -1.68. The van der Waals surface area contributed by atoms with Crippen molar-refractivity contribution in [2.45, 2.75) is 84.5 Å². The molecule has 19 heavy (non-hydrogen) atoms. The third-order valence-electron chi connectivity index (χ3n) is 4.15. The van der Waals surface area contributed by atoms with Crippen molar-refractivity contribution in [3.8, 4) is 0 Å². The summed E-state index contributed by atoms with van der Waals surface area (Å²) in [5.74, 6) is 0. The SMILES string of the molecule is CC(C)=CCC[C@@](C)(O)CCO[Si](C)(C)C(C)(C)C. The smallest absolute Gasteiger partial charge is 0.191 e. The van der Waals surface area contributed by atoms with Gasteiger partial charge in [-0.25, -0.2) is 0 Å². The number of allylic oxidation sites excluding steroid dienone is 2. The van der Waals surface area contributed by atoms with E-state index in [1.807, 2.05) is 6.92 Å². The quantitative estimate of drug-likeness (QED) is 0.533. The summed E-state index contributed by atoms with van der Waals surface area (Å²) in [6.07, 6.45) is 4.65. The van der Waals surface area contributed by atoms with Crippen LogP contribution in [0.2, 0.25) is 18.1 Å². The predicted octanol–water partition coefficient (Wildman–Crippen LogP) is 4.90. The van der Waals surface area contributed by atoms with E-state index in [1.54, 1.807) is 0 Å². The fourth-order valence-corrected chi connectivity index (χ4v) is 2.58. The fourth-order valence-electron chi connectivity index (χ4n) is 1.54. The molecule has 0 fully saturated rings. The van der Waals surface area contributed by atoms with E-state index in [-0.39, 0.29) is 5.04 Å². The Labute approximate surface area is 121 Å². The van der Waals surface area contributed by atoms with Crippen LogP contribution in [0, 0.1) is 0 Å². The Morgan fingerprint density at radius 1 is 1.11 bits per heavy atom. The molecule has 0 aliphatic heterocycles. The lowest BCUT2D eigenvalue weighted by Crippen LogP contribution is -2.42. The minimum absolute atomic E-state index is 0.237. The monoisotopic (exact) mass is 286 g/mol. The number of aliphatic hydroxyl groups is 1. The summed E-state index contributed by atoms with van der Waals surface area (Å²) in [5.41, 5.74) is 0.697. The highest BCUT2D eigenvalue weighted by Gasteiger charge is 2.37. The average molecular weight is 287 g/mol. The van der Waals surface area contributed by atoms with Crippen LogP contribution in [0.15, 0.2) is 11.6 Å². The molecule has 0 saturated carbocycles. The van der Waals surface area contributed by atoms with Crippen LogP contribution in [-0.2, 0) is 4.43 Å². The largest absolute Gasteiger partial charge is 0.417 e. The Kier molecular flexibility index (Phi) is 7.00. The van der Waals surface area contributed by atoms with E-state index in [9.17, 15) is 5.11 Å². The molecule has 0 bridgehead atoms. The van der Waals surface area contributed by atoms with E-state index >= 15 is 0 Å². The Hall–Kier alpha value is -0.123. The molecule has 0 spiro atoms. The van der Waals surface area contributed by atoms with Crippen LogP contribution in [-0.4, -0.2) is 25.6 Å². The molecule has 0 aromatic rings. The van der Waals surface area contributed by atoms with Crippen molar-refractivity contribution in [1.82, 2.24) is 0 Å². The molecule has 0 heterocycles. The molecule has 114 valence electrons. The van der Waals surface area contributed by atoms with Crippen LogP contribution in [0.3, 0.4) is 0 Å². The summed E-state index contributed by atoms with van der Waals surface area (Å²) in [6, 6.07) is 0. The molecule has 0 aliphatic carbocycles. The van der Waals surface area contributed by atoms with Crippen LogP contribution in [0.25, 0.3) is 0 Å². The Bertz CT molecular complexity index is 294. The minimum Gasteiger partial charge on any atom is -0.417 e. The zero-order valence-electron chi connectivity index (χ0n) is 14.3.